The van der Waals surface area contributed by atoms with Crippen molar-refractivity contribution in [3.05, 3.63) is 52.7 Å². The van der Waals surface area contributed by atoms with E-state index in [-0.39, 0.29) is 0 Å². The van der Waals surface area contributed by atoms with E-state index in [9.17, 15) is 0 Å². The van der Waals surface area contributed by atoms with Gasteiger partial charge < -0.3 is 10.1 Å². The lowest BCUT2D eigenvalue weighted by Gasteiger charge is -2.15. The third kappa shape index (κ3) is 4.05. The normalized spacial score (nSPS) is 11.0. The minimum atomic E-state index is 0.419. The Morgan fingerprint density at radius 3 is 2.57 bits per heavy atom. The van der Waals surface area contributed by atoms with E-state index in [1.54, 1.807) is 0 Å². The van der Waals surface area contributed by atoms with Crippen molar-refractivity contribution in [1.82, 2.24) is 10.3 Å². The smallest absolute Gasteiger partial charge is 0.219 e. The third-order valence-electron chi connectivity index (χ3n) is 3.38. The fourth-order valence-electron chi connectivity index (χ4n) is 2.39. The fourth-order valence-corrected chi connectivity index (χ4v) is 2.39. The van der Waals surface area contributed by atoms with Crippen LogP contribution in [0.25, 0.3) is 0 Å². The predicted octanol–water partition coefficient (Wildman–Crippen LogP) is 4.33. The lowest BCUT2D eigenvalue weighted by molar-refractivity contribution is 0.452. The van der Waals surface area contributed by atoms with Gasteiger partial charge in [-0.1, -0.05) is 26.0 Å². The third-order valence-corrected chi connectivity index (χ3v) is 3.38. The van der Waals surface area contributed by atoms with Crippen LogP contribution >= 0.6 is 0 Å². The van der Waals surface area contributed by atoms with Gasteiger partial charge in [-0.25, -0.2) is 4.98 Å². The van der Waals surface area contributed by atoms with Crippen LogP contribution in [0, 0.1) is 13.8 Å². The molecule has 0 atom stereocenters. The van der Waals surface area contributed by atoms with Crippen LogP contribution in [0.2, 0.25) is 0 Å². The van der Waals surface area contributed by atoms with Crippen molar-refractivity contribution in [2.45, 2.75) is 40.2 Å². The highest BCUT2D eigenvalue weighted by atomic mass is 16.5. The molecule has 0 radical (unpaired) electrons. The Bertz CT molecular complexity index is 621. The van der Waals surface area contributed by atoms with Crippen molar-refractivity contribution in [1.29, 1.82) is 0 Å². The second-order valence-corrected chi connectivity index (χ2v) is 5.78. The van der Waals surface area contributed by atoms with E-state index in [1.165, 1.54) is 16.7 Å². The SMILES string of the molecule is CNCc1cc(C)nc(Oc2cc(C)ccc2C(C)C)c1. The predicted molar refractivity (Wildman–Crippen MR) is 87.1 cm³/mol. The molecule has 112 valence electrons. The topological polar surface area (TPSA) is 34.2 Å². The maximum Gasteiger partial charge on any atom is 0.219 e. The minimum absolute atomic E-state index is 0.419. The molecule has 3 heteroatoms. The van der Waals surface area contributed by atoms with Gasteiger partial charge >= 0.3 is 0 Å². The molecule has 1 aromatic carbocycles. The highest BCUT2D eigenvalue weighted by Gasteiger charge is 2.10. The van der Waals surface area contributed by atoms with Gasteiger partial charge in [0.1, 0.15) is 5.75 Å². The number of rotatable bonds is 5. The first-order valence-corrected chi connectivity index (χ1v) is 7.40. The van der Waals surface area contributed by atoms with Gasteiger partial charge in [-0.05, 0) is 55.6 Å². The standard InChI is InChI=1S/C18H24N2O/c1-12(2)16-7-6-13(3)8-17(16)21-18-10-15(11-19-5)9-14(4)20-18/h6-10,12,19H,11H2,1-5H3. The zero-order valence-electron chi connectivity index (χ0n) is 13.5. The van der Waals surface area contributed by atoms with Crippen molar-refractivity contribution < 1.29 is 4.74 Å². The Labute approximate surface area is 127 Å². The summed E-state index contributed by atoms with van der Waals surface area (Å²) in [5.41, 5.74) is 4.55. The van der Waals surface area contributed by atoms with Crippen molar-refractivity contribution in [2.24, 2.45) is 0 Å². The van der Waals surface area contributed by atoms with E-state index < -0.39 is 0 Å². The van der Waals surface area contributed by atoms with Crippen LogP contribution in [0.4, 0.5) is 0 Å². The molecule has 0 unspecified atom stereocenters. The molecule has 1 aromatic heterocycles. The molecule has 21 heavy (non-hydrogen) atoms. The zero-order valence-corrected chi connectivity index (χ0v) is 13.5. The molecule has 0 amide bonds. The van der Waals surface area contributed by atoms with Gasteiger partial charge in [0, 0.05) is 18.3 Å². The van der Waals surface area contributed by atoms with E-state index >= 15 is 0 Å². The largest absolute Gasteiger partial charge is 0.439 e. The highest BCUT2D eigenvalue weighted by Crippen LogP contribution is 2.31. The first kappa shape index (κ1) is 15.5. The number of hydrogen-bond donors (Lipinski definition) is 1. The van der Waals surface area contributed by atoms with E-state index in [2.05, 4.69) is 55.3 Å². The number of nitrogens with zero attached hydrogens (tertiary/aromatic N) is 1. The molecular weight excluding hydrogens is 260 g/mol. The Hall–Kier alpha value is -1.87. The molecule has 0 fully saturated rings. The number of benzene rings is 1. The van der Waals surface area contributed by atoms with Crippen LogP contribution in [0.5, 0.6) is 11.6 Å². The second-order valence-electron chi connectivity index (χ2n) is 5.78. The van der Waals surface area contributed by atoms with Gasteiger partial charge in [0.25, 0.3) is 0 Å². The van der Waals surface area contributed by atoms with Gasteiger partial charge in [0.2, 0.25) is 5.88 Å². The summed E-state index contributed by atoms with van der Waals surface area (Å²) in [6.07, 6.45) is 0. The number of nitrogens with one attached hydrogen (secondary N) is 1. The second kappa shape index (κ2) is 6.72. The van der Waals surface area contributed by atoms with Gasteiger partial charge in [-0.15, -0.1) is 0 Å². The summed E-state index contributed by atoms with van der Waals surface area (Å²) in [5.74, 6) is 1.98. The maximum atomic E-state index is 6.08. The Balaban J connectivity index is 2.35. The molecule has 2 rings (SSSR count). The summed E-state index contributed by atoms with van der Waals surface area (Å²) < 4.78 is 6.08. The fraction of sp³-hybridized carbons (Fsp3) is 0.389. The molecular formula is C18H24N2O. The molecule has 1 N–H and O–H groups in total. The average Bonchev–Trinajstić information content (AvgIpc) is 2.38. The maximum absolute atomic E-state index is 6.08. The summed E-state index contributed by atoms with van der Waals surface area (Å²) in [6.45, 7) is 9.23. The van der Waals surface area contributed by atoms with E-state index in [0.29, 0.717) is 11.8 Å². The number of aromatic nitrogens is 1. The first-order chi connectivity index (χ1) is 9.99. The van der Waals surface area contributed by atoms with Gasteiger partial charge in [-0.2, -0.15) is 0 Å². The number of aryl methyl sites for hydroxylation is 2. The zero-order chi connectivity index (χ0) is 15.4. The quantitative estimate of drug-likeness (QED) is 0.887. The molecule has 0 saturated heterocycles. The van der Waals surface area contributed by atoms with Crippen LogP contribution in [0.15, 0.2) is 30.3 Å². The van der Waals surface area contributed by atoms with Crippen LogP contribution in [0.1, 0.15) is 42.1 Å². The van der Waals surface area contributed by atoms with Crippen LogP contribution in [-0.2, 0) is 6.54 Å². The van der Waals surface area contributed by atoms with Crippen LogP contribution in [-0.4, -0.2) is 12.0 Å². The molecule has 2 aromatic rings. The van der Waals surface area contributed by atoms with E-state index in [0.717, 1.165) is 18.0 Å². The summed E-state index contributed by atoms with van der Waals surface area (Å²) in [6, 6.07) is 10.4. The summed E-state index contributed by atoms with van der Waals surface area (Å²) in [5, 5.41) is 3.16. The lowest BCUT2D eigenvalue weighted by Crippen LogP contribution is -2.06. The molecule has 0 aliphatic heterocycles. The summed E-state index contributed by atoms with van der Waals surface area (Å²) >= 11 is 0. The molecule has 0 spiro atoms. The summed E-state index contributed by atoms with van der Waals surface area (Å²) in [4.78, 5) is 4.49. The Kier molecular flexibility index (Phi) is 4.97. The number of pyridine rings is 1. The van der Waals surface area contributed by atoms with Gasteiger partial charge in [0.15, 0.2) is 0 Å². The Morgan fingerprint density at radius 1 is 1.14 bits per heavy atom. The molecule has 0 bridgehead atoms. The van der Waals surface area contributed by atoms with Gasteiger partial charge in [0.05, 0.1) is 0 Å². The van der Waals surface area contributed by atoms with Crippen molar-refractivity contribution in [3.63, 3.8) is 0 Å². The molecule has 3 nitrogen and oxygen atoms in total. The highest BCUT2D eigenvalue weighted by molar-refractivity contribution is 5.41. The van der Waals surface area contributed by atoms with Crippen LogP contribution in [0.3, 0.4) is 0 Å². The summed E-state index contributed by atoms with van der Waals surface area (Å²) in [7, 11) is 1.94. The monoisotopic (exact) mass is 284 g/mol. The van der Waals surface area contributed by atoms with Gasteiger partial charge in [-0.3, -0.25) is 0 Å². The Morgan fingerprint density at radius 2 is 1.90 bits per heavy atom. The first-order valence-electron chi connectivity index (χ1n) is 7.40. The van der Waals surface area contributed by atoms with E-state index in [1.807, 2.05) is 20.0 Å². The van der Waals surface area contributed by atoms with Crippen molar-refractivity contribution >= 4 is 0 Å². The lowest BCUT2D eigenvalue weighted by atomic mass is 10.0. The molecule has 0 aliphatic rings. The molecule has 0 saturated carbocycles. The van der Waals surface area contributed by atoms with Crippen molar-refractivity contribution in [2.75, 3.05) is 7.05 Å². The average molecular weight is 284 g/mol. The number of ether oxygens (including phenoxy) is 1. The van der Waals surface area contributed by atoms with E-state index in [4.69, 9.17) is 4.74 Å². The van der Waals surface area contributed by atoms with Crippen LogP contribution < -0.4 is 10.1 Å². The molecule has 1 heterocycles. The minimum Gasteiger partial charge on any atom is -0.439 e. The molecule has 0 aliphatic carbocycles. The van der Waals surface area contributed by atoms with Crippen molar-refractivity contribution in [3.8, 4) is 11.6 Å². The number of hydrogen-bond acceptors (Lipinski definition) is 3.